The van der Waals surface area contributed by atoms with Crippen molar-refractivity contribution >= 4 is 34.1 Å². The Morgan fingerprint density at radius 2 is 1.68 bits per heavy atom. The van der Waals surface area contributed by atoms with Gasteiger partial charge in [0.15, 0.2) is 11.5 Å². The zero-order valence-electron chi connectivity index (χ0n) is 13.7. The summed E-state index contributed by atoms with van der Waals surface area (Å²) in [4.78, 5) is 13.6. The van der Waals surface area contributed by atoms with Gasteiger partial charge in [0.1, 0.15) is 13.2 Å². The maximum Gasteiger partial charge on any atom is 0.255 e. The monoisotopic (exact) mass is 351 g/mol. The molecule has 3 aromatic rings. The Morgan fingerprint density at radius 1 is 0.960 bits per heavy atom. The molecule has 0 aromatic heterocycles. The van der Waals surface area contributed by atoms with Crippen molar-refractivity contribution in [3.05, 3.63) is 60.2 Å². The number of benzene rings is 3. The van der Waals surface area contributed by atoms with Gasteiger partial charge in [-0.05, 0) is 35.2 Å². The molecule has 0 atom stereocenters. The summed E-state index contributed by atoms with van der Waals surface area (Å²) >= 11 is 1.56. The third kappa shape index (κ3) is 3.15. The summed E-state index contributed by atoms with van der Waals surface area (Å²) < 4.78 is 11.2. The summed E-state index contributed by atoms with van der Waals surface area (Å²) in [6, 6.07) is 17.4. The van der Waals surface area contributed by atoms with E-state index in [1.165, 1.54) is 0 Å². The minimum absolute atomic E-state index is 0.141. The van der Waals surface area contributed by atoms with Gasteiger partial charge < -0.3 is 14.8 Å². The molecule has 0 bridgehead atoms. The number of amides is 1. The fraction of sp³-hybridized carbons (Fsp3) is 0.150. The standard InChI is InChI=1S/C20H17NO3S/c1-25-19-12-18-17(23-8-9-24-18)11-16(19)21-20(22)15-7-6-13-4-2-3-5-14(13)10-15/h2-7,10-12H,8-9H2,1H3,(H,21,22). The number of fused-ring (bicyclic) bond motifs is 2. The number of ether oxygens (including phenoxy) is 2. The van der Waals surface area contributed by atoms with Crippen LogP contribution in [-0.4, -0.2) is 25.4 Å². The van der Waals surface area contributed by atoms with Crippen molar-refractivity contribution in [3.8, 4) is 11.5 Å². The van der Waals surface area contributed by atoms with Gasteiger partial charge in [-0.15, -0.1) is 11.8 Å². The molecule has 126 valence electrons. The van der Waals surface area contributed by atoms with Gasteiger partial charge >= 0.3 is 0 Å². The lowest BCUT2D eigenvalue weighted by Gasteiger charge is -2.21. The van der Waals surface area contributed by atoms with Crippen LogP contribution in [0.3, 0.4) is 0 Å². The van der Waals surface area contributed by atoms with E-state index >= 15 is 0 Å². The molecule has 1 aliphatic heterocycles. The Bertz CT molecular complexity index is 955. The first-order valence-corrected chi connectivity index (χ1v) is 9.25. The highest BCUT2D eigenvalue weighted by atomic mass is 32.2. The van der Waals surface area contributed by atoms with E-state index in [9.17, 15) is 4.79 Å². The van der Waals surface area contributed by atoms with Crippen LogP contribution in [0.4, 0.5) is 5.69 Å². The molecule has 1 amide bonds. The van der Waals surface area contributed by atoms with E-state index in [2.05, 4.69) is 5.32 Å². The second-order valence-corrected chi connectivity index (χ2v) is 6.56. The molecule has 3 aromatic carbocycles. The fourth-order valence-corrected chi connectivity index (χ4v) is 3.42. The first-order chi connectivity index (χ1) is 12.2. The minimum atomic E-state index is -0.141. The number of anilines is 1. The molecular weight excluding hydrogens is 334 g/mol. The first-order valence-electron chi connectivity index (χ1n) is 8.02. The van der Waals surface area contributed by atoms with E-state index in [1.54, 1.807) is 11.8 Å². The Hall–Kier alpha value is -2.66. The quantitative estimate of drug-likeness (QED) is 0.702. The number of rotatable bonds is 3. The van der Waals surface area contributed by atoms with Gasteiger partial charge in [0.25, 0.3) is 5.91 Å². The van der Waals surface area contributed by atoms with Gasteiger partial charge in [0.2, 0.25) is 0 Å². The number of carbonyl (C=O) groups excluding carboxylic acids is 1. The van der Waals surface area contributed by atoms with Crippen molar-refractivity contribution in [2.45, 2.75) is 4.90 Å². The van der Waals surface area contributed by atoms with E-state index in [1.807, 2.05) is 60.9 Å². The van der Waals surface area contributed by atoms with E-state index in [4.69, 9.17) is 9.47 Å². The van der Waals surface area contributed by atoms with E-state index in [0.29, 0.717) is 24.5 Å². The van der Waals surface area contributed by atoms with Crippen molar-refractivity contribution in [1.29, 1.82) is 0 Å². The van der Waals surface area contributed by atoms with Crippen LogP contribution >= 0.6 is 11.8 Å². The van der Waals surface area contributed by atoms with Crippen LogP contribution in [-0.2, 0) is 0 Å². The molecule has 0 unspecified atom stereocenters. The van der Waals surface area contributed by atoms with Crippen LogP contribution in [0, 0.1) is 0 Å². The molecule has 1 N–H and O–H groups in total. The predicted octanol–water partition coefficient (Wildman–Crippen LogP) is 4.59. The van der Waals surface area contributed by atoms with Crippen molar-refractivity contribution in [1.82, 2.24) is 0 Å². The Labute approximate surface area is 150 Å². The van der Waals surface area contributed by atoms with Gasteiger partial charge in [-0.1, -0.05) is 30.3 Å². The Kier molecular flexibility index (Phi) is 4.24. The largest absolute Gasteiger partial charge is 0.486 e. The predicted molar refractivity (Wildman–Crippen MR) is 101 cm³/mol. The highest BCUT2D eigenvalue weighted by Gasteiger charge is 2.17. The SMILES string of the molecule is CSc1cc2c(cc1NC(=O)c1ccc3ccccc3c1)OCCO2. The van der Waals surface area contributed by atoms with Gasteiger partial charge in [-0.2, -0.15) is 0 Å². The van der Waals surface area contributed by atoms with Crippen LogP contribution in [0.1, 0.15) is 10.4 Å². The average Bonchev–Trinajstić information content (AvgIpc) is 2.67. The molecule has 0 radical (unpaired) electrons. The Morgan fingerprint density at radius 3 is 2.44 bits per heavy atom. The van der Waals surface area contributed by atoms with Crippen LogP contribution in [0.25, 0.3) is 10.8 Å². The molecule has 5 heteroatoms. The molecule has 1 aliphatic rings. The van der Waals surface area contributed by atoms with Gasteiger partial charge in [-0.25, -0.2) is 0 Å². The van der Waals surface area contributed by atoms with Gasteiger partial charge in [0.05, 0.1) is 5.69 Å². The lowest BCUT2D eigenvalue weighted by molar-refractivity contribution is 0.102. The van der Waals surface area contributed by atoms with Crippen molar-refractivity contribution in [3.63, 3.8) is 0 Å². The number of carbonyl (C=O) groups is 1. The molecule has 0 saturated carbocycles. The maximum atomic E-state index is 12.7. The first kappa shape index (κ1) is 15.8. The summed E-state index contributed by atoms with van der Waals surface area (Å²) in [5.41, 5.74) is 1.36. The molecule has 0 spiro atoms. The Balaban J connectivity index is 1.65. The van der Waals surface area contributed by atoms with Gasteiger partial charge in [0, 0.05) is 16.5 Å². The normalized spacial score (nSPS) is 12.8. The molecule has 4 nitrogen and oxygen atoms in total. The van der Waals surface area contributed by atoms with E-state index < -0.39 is 0 Å². The highest BCUT2D eigenvalue weighted by Crippen LogP contribution is 2.39. The molecule has 0 saturated heterocycles. The highest BCUT2D eigenvalue weighted by molar-refractivity contribution is 7.98. The molecule has 4 rings (SSSR count). The van der Waals surface area contributed by atoms with Crippen LogP contribution in [0.15, 0.2) is 59.5 Å². The molecule has 25 heavy (non-hydrogen) atoms. The number of thioether (sulfide) groups is 1. The second kappa shape index (κ2) is 6.69. The third-order valence-corrected chi connectivity index (χ3v) is 4.90. The van der Waals surface area contributed by atoms with Crippen LogP contribution in [0.2, 0.25) is 0 Å². The molecule has 0 fully saturated rings. The van der Waals surface area contributed by atoms with Crippen LogP contribution in [0.5, 0.6) is 11.5 Å². The molecule has 0 aliphatic carbocycles. The van der Waals surface area contributed by atoms with Crippen molar-refractivity contribution in [2.75, 3.05) is 24.8 Å². The van der Waals surface area contributed by atoms with Gasteiger partial charge in [-0.3, -0.25) is 4.79 Å². The molecule has 1 heterocycles. The zero-order chi connectivity index (χ0) is 17.2. The van der Waals surface area contributed by atoms with Crippen molar-refractivity contribution in [2.24, 2.45) is 0 Å². The molecular formula is C20H17NO3S. The number of hydrogen-bond donors (Lipinski definition) is 1. The number of hydrogen-bond acceptors (Lipinski definition) is 4. The summed E-state index contributed by atoms with van der Waals surface area (Å²) in [6.07, 6.45) is 1.97. The summed E-state index contributed by atoms with van der Waals surface area (Å²) in [7, 11) is 0. The second-order valence-electron chi connectivity index (χ2n) is 5.71. The fourth-order valence-electron chi connectivity index (χ4n) is 2.86. The summed E-state index contributed by atoms with van der Waals surface area (Å²) in [5.74, 6) is 1.25. The summed E-state index contributed by atoms with van der Waals surface area (Å²) in [5, 5.41) is 5.16. The zero-order valence-corrected chi connectivity index (χ0v) is 14.6. The van der Waals surface area contributed by atoms with E-state index in [-0.39, 0.29) is 5.91 Å². The lowest BCUT2D eigenvalue weighted by Crippen LogP contribution is -2.17. The smallest absolute Gasteiger partial charge is 0.255 e. The third-order valence-electron chi connectivity index (χ3n) is 4.12. The average molecular weight is 351 g/mol. The van der Waals surface area contributed by atoms with E-state index in [0.717, 1.165) is 27.1 Å². The topological polar surface area (TPSA) is 47.6 Å². The van der Waals surface area contributed by atoms with Crippen LogP contribution < -0.4 is 14.8 Å². The minimum Gasteiger partial charge on any atom is -0.486 e. The summed E-state index contributed by atoms with van der Waals surface area (Å²) in [6.45, 7) is 1.06. The lowest BCUT2D eigenvalue weighted by atomic mass is 10.1. The number of nitrogens with one attached hydrogen (secondary N) is 1. The van der Waals surface area contributed by atoms with Crippen molar-refractivity contribution < 1.29 is 14.3 Å². The maximum absolute atomic E-state index is 12.7.